The van der Waals surface area contributed by atoms with Gasteiger partial charge in [0, 0.05) is 20.1 Å². The van der Waals surface area contributed by atoms with Crippen LogP contribution >= 0.6 is 0 Å². The zero-order chi connectivity index (χ0) is 21.3. The van der Waals surface area contributed by atoms with Crippen molar-refractivity contribution in [3.63, 3.8) is 0 Å². The van der Waals surface area contributed by atoms with E-state index in [9.17, 15) is 14.4 Å². The molecule has 29 heavy (non-hydrogen) atoms. The third-order valence-corrected chi connectivity index (χ3v) is 5.28. The Morgan fingerprint density at radius 1 is 1.07 bits per heavy atom. The van der Waals surface area contributed by atoms with Crippen LogP contribution in [0.15, 0.2) is 52.1 Å². The molecule has 0 saturated carbocycles. The Balaban J connectivity index is 1.83. The minimum absolute atomic E-state index is 0.0948. The van der Waals surface area contributed by atoms with Crippen molar-refractivity contribution in [2.24, 2.45) is 14.1 Å². The largest absolute Gasteiger partial charge is 0.348 e. The number of aryl methyl sites for hydroxylation is 1. The molecule has 2 aromatic heterocycles. The summed E-state index contributed by atoms with van der Waals surface area (Å²) in [7, 11) is 2.95. The molecule has 0 spiro atoms. The molecule has 0 aliphatic rings. The normalized spacial score (nSPS) is 12.7. The van der Waals surface area contributed by atoms with Gasteiger partial charge in [0.1, 0.15) is 11.3 Å². The molecule has 0 saturated heterocycles. The molecule has 2 heterocycles. The third-order valence-electron chi connectivity index (χ3n) is 5.28. The molecule has 152 valence electrons. The highest BCUT2D eigenvalue weighted by atomic mass is 16.2. The summed E-state index contributed by atoms with van der Waals surface area (Å²) >= 11 is 0. The van der Waals surface area contributed by atoms with Gasteiger partial charge < -0.3 is 5.32 Å². The Bertz CT molecular complexity index is 1180. The molecule has 7 heteroatoms. The molecule has 1 unspecified atom stereocenters. The molecular weight excluding hydrogens is 368 g/mol. The number of fused-ring (bicyclic) bond motifs is 1. The van der Waals surface area contributed by atoms with Gasteiger partial charge in [-0.15, -0.1) is 0 Å². The number of benzene rings is 1. The summed E-state index contributed by atoms with van der Waals surface area (Å²) in [4.78, 5) is 41.4. The summed E-state index contributed by atoms with van der Waals surface area (Å²) in [5.41, 5.74) is 0.552. The van der Waals surface area contributed by atoms with Gasteiger partial charge in [-0.3, -0.25) is 18.7 Å². The van der Waals surface area contributed by atoms with E-state index < -0.39 is 11.2 Å². The van der Waals surface area contributed by atoms with Crippen LogP contribution < -0.4 is 16.6 Å². The highest BCUT2D eigenvalue weighted by Gasteiger charge is 2.24. The highest BCUT2D eigenvalue weighted by molar-refractivity contribution is 5.94. The first kappa shape index (κ1) is 20.5. The van der Waals surface area contributed by atoms with Crippen LogP contribution in [0.5, 0.6) is 0 Å². The van der Waals surface area contributed by atoms with E-state index in [1.54, 1.807) is 0 Å². The van der Waals surface area contributed by atoms with Gasteiger partial charge in [-0.2, -0.15) is 0 Å². The molecule has 0 bridgehead atoms. The van der Waals surface area contributed by atoms with Crippen LogP contribution in [0.4, 0.5) is 0 Å². The maximum atomic E-state index is 12.7. The number of hydrogen-bond acceptors (Lipinski definition) is 4. The van der Waals surface area contributed by atoms with Crippen LogP contribution in [0, 0.1) is 0 Å². The van der Waals surface area contributed by atoms with Crippen molar-refractivity contribution in [2.45, 2.75) is 38.6 Å². The Hall–Kier alpha value is -3.22. The van der Waals surface area contributed by atoms with Crippen LogP contribution in [-0.4, -0.2) is 26.1 Å². The topological polar surface area (TPSA) is 86.0 Å². The number of hydrogen-bond donors (Lipinski definition) is 1. The lowest BCUT2D eigenvalue weighted by Gasteiger charge is -2.29. The molecule has 0 radical (unpaired) electrons. The molecule has 0 fully saturated rings. The van der Waals surface area contributed by atoms with Crippen molar-refractivity contribution in [1.29, 1.82) is 0 Å². The minimum Gasteiger partial charge on any atom is -0.348 e. The average Bonchev–Trinajstić information content (AvgIpc) is 2.70. The molecule has 1 atom stereocenters. The second-order valence-corrected chi connectivity index (χ2v) is 8.10. The average molecular weight is 394 g/mol. The number of amides is 1. The summed E-state index contributed by atoms with van der Waals surface area (Å²) in [6.45, 7) is 6.24. The fraction of sp³-hybridized carbons (Fsp3) is 0.364. The fourth-order valence-corrected chi connectivity index (χ4v) is 3.70. The lowest BCUT2D eigenvalue weighted by atomic mass is 9.79. The SMILES string of the molecule is CC(CC(C)(C)c1ccccc1)NC(=O)c1ccc2c(=O)n(C)c(=O)n(C)c2n1. The lowest BCUT2D eigenvalue weighted by Crippen LogP contribution is -2.39. The molecule has 7 nitrogen and oxygen atoms in total. The summed E-state index contributed by atoms with van der Waals surface area (Å²) in [5.74, 6) is -0.337. The third kappa shape index (κ3) is 3.99. The van der Waals surface area contributed by atoms with E-state index in [0.29, 0.717) is 5.39 Å². The van der Waals surface area contributed by atoms with Crippen molar-refractivity contribution >= 4 is 16.9 Å². The maximum absolute atomic E-state index is 12.7. The first-order valence-corrected chi connectivity index (χ1v) is 9.55. The Kier molecular flexibility index (Phi) is 5.42. The van der Waals surface area contributed by atoms with E-state index >= 15 is 0 Å². The zero-order valence-corrected chi connectivity index (χ0v) is 17.4. The smallest absolute Gasteiger partial charge is 0.332 e. The number of rotatable bonds is 5. The Morgan fingerprint density at radius 2 is 1.72 bits per heavy atom. The summed E-state index contributed by atoms with van der Waals surface area (Å²) in [6.07, 6.45) is 0.745. The van der Waals surface area contributed by atoms with Gasteiger partial charge in [-0.1, -0.05) is 44.2 Å². The number of carbonyl (C=O) groups excluding carboxylic acids is 1. The van der Waals surface area contributed by atoms with Crippen LogP contribution in [0.3, 0.4) is 0 Å². The number of nitrogens with one attached hydrogen (secondary N) is 1. The molecule has 0 aliphatic carbocycles. The molecule has 1 amide bonds. The second-order valence-electron chi connectivity index (χ2n) is 8.10. The van der Waals surface area contributed by atoms with Crippen molar-refractivity contribution in [1.82, 2.24) is 19.4 Å². The lowest BCUT2D eigenvalue weighted by molar-refractivity contribution is 0.0929. The maximum Gasteiger partial charge on any atom is 0.332 e. The molecular formula is C22H26N4O3. The van der Waals surface area contributed by atoms with E-state index in [0.717, 1.165) is 11.0 Å². The molecule has 3 rings (SSSR count). The first-order chi connectivity index (χ1) is 13.6. The van der Waals surface area contributed by atoms with Gasteiger partial charge in [0.25, 0.3) is 11.5 Å². The minimum atomic E-state index is -0.481. The Labute approximate surface area is 169 Å². The van der Waals surface area contributed by atoms with Crippen molar-refractivity contribution in [2.75, 3.05) is 0 Å². The van der Waals surface area contributed by atoms with E-state index in [4.69, 9.17) is 0 Å². The number of aromatic nitrogens is 3. The van der Waals surface area contributed by atoms with Crippen LogP contribution in [0.25, 0.3) is 11.0 Å². The van der Waals surface area contributed by atoms with Crippen molar-refractivity contribution < 1.29 is 4.79 Å². The van der Waals surface area contributed by atoms with Gasteiger partial charge in [0.2, 0.25) is 0 Å². The van der Waals surface area contributed by atoms with Crippen molar-refractivity contribution in [3.05, 3.63) is 74.6 Å². The predicted octanol–water partition coefficient (Wildman–Crippen LogP) is 2.12. The molecule has 1 N–H and O–H groups in total. The quantitative estimate of drug-likeness (QED) is 0.718. The number of nitrogens with zero attached hydrogens (tertiary/aromatic N) is 3. The number of pyridine rings is 1. The molecule has 1 aromatic carbocycles. The summed E-state index contributed by atoms with van der Waals surface area (Å²) in [5, 5.41) is 3.27. The first-order valence-electron chi connectivity index (χ1n) is 9.55. The van der Waals surface area contributed by atoms with E-state index in [2.05, 4.69) is 36.3 Å². The fourth-order valence-electron chi connectivity index (χ4n) is 3.70. The molecule has 3 aromatic rings. The predicted molar refractivity (Wildman–Crippen MR) is 113 cm³/mol. The summed E-state index contributed by atoms with van der Waals surface area (Å²) < 4.78 is 2.30. The van der Waals surface area contributed by atoms with Crippen molar-refractivity contribution in [3.8, 4) is 0 Å². The van der Waals surface area contributed by atoms with Crippen LogP contribution in [0.2, 0.25) is 0 Å². The highest BCUT2D eigenvalue weighted by Crippen LogP contribution is 2.28. The Morgan fingerprint density at radius 3 is 2.38 bits per heavy atom. The summed E-state index contributed by atoms with van der Waals surface area (Å²) in [6, 6.07) is 13.1. The molecule has 0 aliphatic heterocycles. The van der Waals surface area contributed by atoms with E-state index in [1.807, 2.05) is 25.1 Å². The standard InChI is InChI=1S/C22H26N4O3/c1-14(13-22(2,3)15-9-7-6-8-10-15)23-19(27)17-12-11-16-18(24-17)25(4)21(29)26(5)20(16)28/h6-12,14H,13H2,1-5H3,(H,23,27). The zero-order valence-electron chi connectivity index (χ0n) is 17.4. The van der Waals surface area contributed by atoms with Crippen LogP contribution in [-0.2, 0) is 19.5 Å². The van der Waals surface area contributed by atoms with Gasteiger partial charge in [0.05, 0.1) is 5.39 Å². The monoisotopic (exact) mass is 394 g/mol. The van der Waals surface area contributed by atoms with Crippen LogP contribution in [0.1, 0.15) is 43.2 Å². The van der Waals surface area contributed by atoms with Gasteiger partial charge in [-0.05, 0) is 36.5 Å². The number of carbonyl (C=O) groups is 1. The van der Waals surface area contributed by atoms with E-state index in [-0.39, 0.29) is 28.7 Å². The van der Waals surface area contributed by atoms with Gasteiger partial charge in [0.15, 0.2) is 0 Å². The van der Waals surface area contributed by atoms with Gasteiger partial charge in [-0.25, -0.2) is 9.78 Å². The second kappa shape index (κ2) is 7.66. The van der Waals surface area contributed by atoms with Gasteiger partial charge >= 0.3 is 5.69 Å². The van der Waals surface area contributed by atoms with E-state index in [1.165, 1.54) is 36.4 Å².